The minimum atomic E-state index is 0.289. The number of anilines is 1. The third kappa shape index (κ3) is 3.44. The van der Waals surface area contributed by atoms with E-state index in [2.05, 4.69) is 32.1 Å². The van der Waals surface area contributed by atoms with E-state index in [-0.39, 0.29) is 5.92 Å². The second kappa shape index (κ2) is 6.72. The van der Waals surface area contributed by atoms with Gasteiger partial charge < -0.3 is 13.7 Å². The molecule has 1 fully saturated rings. The van der Waals surface area contributed by atoms with Crippen molar-refractivity contribution >= 4 is 5.69 Å². The molecular weight excluding hydrogens is 316 g/mol. The molecule has 0 saturated carbocycles. The quantitative estimate of drug-likeness (QED) is 0.711. The topological polar surface area (TPSA) is 58.5 Å². The number of benzene rings is 1. The van der Waals surface area contributed by atoms with E-state index in [1.54, 1.807) is 6.26 Å². The van der Waals surface area contributed by atoms with Gasteiger partial charge in [0.15, 0.2) is 0 Å². The van der Waals surface area contributed by atoms with Crippen molar-refractivity contribution in [2.45, 2.75) is 18.9 Å². The molecule has 0 radical (unpaired) electrons. The van der Waals surface area contributed by atoms with Crippen LogP contribution in [0.1, 0.15) is 24.0 Å². The molecule has 25 heavy (non-hydrogen) atoms. The van der Waals surface area contributed by atoms with Gasteiger partial charge in [0, 0.05) is 31.9 Å². The summed E-state index contributed by atoms with van der Waals surface area (Å²) in [6.07, 6.45) is 2.75. The van der Waals surface area contributed by atoms with Crippen molar-refractivity contribution in [1.82, 2.24) is 15.1 Å². The molecule has 1 atom stereocenters. The van der Waals surface area contributed by atoms with Gasteiger partial charge in [-0.2, -0.15) is 0 Å². The van der Waals surface area contributed by atoms with Crippen molar-refractivity contribution in [3.63, 3.8) is 0 Å². The number of aromatic nitrogens is 2. The third-order valence-corrected chi connectivity index (χ3v) is 4.65. The van der Waals surface area contributed by atoms with E-state index in [1.165, 1.54) is 0 Å². The van der Waals surface area contributed by atoms with Gasteiger partial charge in [-0.15, -0.1) is 10.2 Å². The lowest BCUT2D eigenvalue weighted by Crippen LogP contribution is -2.19. The minimum absolute atomic E-state index is 0.289. The highest BCUT2D eigenvalue weighted by Gasteiger charge is 2.28. The first kappa shape index (κ1) is 15.9. The molecule has 1 saturated heterocycles. The smallest absolute Gasteiger partial charge is 0.247 e. The number of hydrogen-bond donors (Lipinski definition) is 0. The molecule has 2 aromatic heterocycles. The van der Waals surface area contributed by atoms with Crippen molar-refractivity contribution in [1.29, 1.82) is 0 Å². The van der Waals surface area contributed by atoms with Crippen LogP contribution < -0.4 is 4.90 Å². The molecule has 6 heteroatoms. The normalized spacial score (nSPS) is 17.9. The highest BCUT2D eigenvalue weighted by molar-refractivity contribution is 5.58. The Morgan fingerprint density at radius 2 is 2.00 bits per heavy atom. The van der Waals surface area contributed by atoms with Gasteiger partial charge in [0.05, 0.1) is 18.7 Å². The lowest BCUT2D eigenvalue weighted by Gasteiger charge is -2.12. The van der Waals surface area contributed by atoms with Crippen LogP contribution in [0.4, 0.5) is 5.69 Å². The number of hydrogen-bond acceptors (Lipinski definition) is 6. The maximum Gasteiger partial charge on any atom is 0.247 e. The Kier molecular flexibility index (Phi) is 4.28. The Morgan fingerprint density at radius 1 is 1.16 bits per heavy atom. The molecule has 3 aromatic rings. The first-order valence-electron chi connectivity index (χ1n) is 8.55. The van der Waals surface area contributed by atoms with Crippen LogP contribution in [0.25, 0.3) is 11.5 Å². The molecule has 0 amide bonds. The van der Waals surface area contributed by atoms with Crippen molar-refractivity contribution < 1.29 is 8.83 Å². The molecule has 4 rings (SSSR count). The Labute approximate surface area is 147 Å². The van der Waals surface area contributed by atoms with Crippen molar-refractivity contribution in [3.05, 3.63) is 54.3 Å². The Balaban J connectivity index is 1.43. The Bertz CT molecular complexity index is 808. The zero-order valence-electron chi connectivity index (χ0n) is 14.6. The van der Waals surface area contributed by atoms with Crippen LogP contribution in [0.15, 0.2) is 51.5 Å². The fourth-order valence-corrected chi connectivity index (χ4v) is 3.22. The molecule has 0 bridgehead atoms. The molecule has 1 aromatic carbocycles. The van der Waals surface area contributed by atoms with Gasteiger partial charge in [-0.3, -0.25) is 4.90 Å². The van der Waals surface area contributed by atoms with E-state index >= 15 is 0 Å². The van der Waals surface area contributed by atoms with Gasteiger partial charge in [-0.05, 0) is 49.4 Å². The van der Waals surface area contributed by atoms with Gasteiger partial charge >= 0.3 is 0 Å². The molecule has 6 nitrogen and oxygen atoms in total. The van der Waals surface area contributed by atoms with Crippen LogP contribution >= 0.6 is 0 Å². The standard InChI is InChI=1S/C19H22N4O2/c1-22(2)16-7-5-14(6-8-16)18-20-21-19(25-18)15-9-10-23(12-15)13-17-4-3-11-24-17/h3-8,11,15H,9-10,12-13H2,1-2H3. The summed E-state index contributed by atoms with van der Waals surface area (Å²) < 4.78 is 11.4. The summed E-state index contributed by atoms with van der Waals surface area (Å²) in [7, 11) is 4.04. The lowest BCUT2D eigenvalue weighted by molar-refractivity contribution is 0.290. The average molecular weight is 338 g/mol. The predicted octanol–water partition coefficient (Wildman–Crippen LogP) is 3.39. The maximum absolute atomic E-state index is 5.95. The molecule has 1 unspecified atom stereocenters. The highest BCUT2D eigenvalue weighted by atomic mass is 16.4. The first-order chi connectivity index (χ1) is 12.2. The molecule has 1 aliphatic rings. The minimum Gasteiger partial charge on any atom is -0.468 e. The van der Waals surface area contributed by atoms with Crippen LogP contribution in [0, 0.1) is 0 Å². The number of rotatable bonds is 5. The molecule has 3 heterocycles. The van der Waals surface area contributed by atoms with E-state index in [4.69, 9.17) is 8.83 Å². The molecule has 0 spiro atoms. The number of likely N-dealkylation sites (tertiary alicyclic amines) is 1. The summed E-state index contributed by atoms with van der Waals surface area (Å²) >= 11 is 0. The fraction of sp³-hybridized carbons (Fsp3) is 0.368. The summed E-state index contributed by atoms with van der Waals surface area (Å²) in [5, 5.41) is 8.53. The maximum atomic E-state index is 5.95. The van der Waals surface area contributed by atoms with Crippen LogP contribution in [0.3, 0.4) is 0 Å². The number of furan rings is 1. The van der Waals surface area contributed by atoms with E-state index in [0.29, 0.717) is 5.89 Å². The van der Waals surface area contributed by atoms with Gasteiger partial charge in [0.25, 0.3) is 0 Å². The monoisotopic (exact) mass is 338 g/mol. The van der Waals surface area contributed by atoms with Crippen LogP contribution in [-0.2, 0) is 6.54 Å². The highest BCUT2D eigenvalue weighted by Crippen LogP contribution is 2.30. The van der Waals surface area contributed by atoms with Crippen LogP contribution in [0.2, 0.25) is 0 Å². The van der Waals surface area contributed by atoms with E-state index < -0.39 is 0 Å². The molecule has 0 N–H and O–H groups in total. The zero-order chi connectivity index (χ0) is 17.2. The molecular formula is C19H22N4O2. The predicted molar refractivity (Wildman–Crippen MR) is 95.4 cm³/mol. The summed E-state index contributed by atoms with van der Waals surface area (Å²) in [4.78, 5) is 4.43. The summed E-state index contributed by atoms with van der Waals surface area (Å²) in [6, 6.07) is 12.1. The van der Waals surface area contributed by atoms with Gasteiger partial charge in [0.1, 0.15) is 5.76 Å². The van der Waals surface area contributed by atoms with Crippen molar-refractivity contribution in [2.24, 2.45) is 0 Å². The van der Waals surface area contributed by atoms with Gasteiger partial charge in [-0.25, -0.2) is 0 Å². The molecule has 130 valence electrons. The first-order valence-corrected chi connectivity index (χ1v) is 8.55. The van der Waals surface area contributed by atoms with Gasteiger partial charge in [-0.1, -0.05) is 0 Å². The Morgan fingerprint density at radius 3 is 2.72 bits per heavy atom. The summed E-state index contributed by atoms with van der Waals surface area (Å²) in [6.45, 7) is 2.76. The third-order valence-electron chi connectivity index (χ3n) is 4.65. The second-order valence-corrected chi connectivity index (χ2v) is 6.69. The van der Waals surface area contributed by atoms with Gasteiger partial charge in [0.2, 0.25) is 11.8 Å². The van der Waals surface area contributed by atoms with Crippen LogP contribution in [0.5, 0.6) is 0 Å². The average Bonchev–Trinajstić information content (AvgIpc) is 3.37. The van der Waals surface area contributed by atoms with E-state index in [0.717, 1.165) is 49.0 Å². The summed E-state index contributed by atoms with van der Waals surface area (Å²) in [5.74, 6) is 2.60. The zero-order valence-corrected chi connectivity index (χ0v) is 14.6. The molecule has 1 aliphatic heterocycles. The largest absolute Gasteiger partial charge is 0.468 e. The van der Waals surface area contributed by atoms with Crippen molar-refractivity contribution in [2.75, 3.05) is 32.1 Å². The van der Waals surface area contributed by atoms with E-state index in [1.807, 2.05) is 38.4 Å². The summed E-state index contributed by atoms with van der Waals surface area (Å²) in [5.41, 5.74) is 2.10. The SMILES string of the molecule is CN(C)c1ccc(-c2nnc(C3CCN(Cc4ccco4)C3)o2)cc1. The number of nitrogens with zero attached hydrogens (tertiary/aromatic N) is 4. The van der Waals surface area contributed by atoms with E-state index in [9.17, 15) is 0 Å². The van der Waals surface area contributed by atoms with Crippen molar-refractivity contribution in [3.8, 4) is 11.5 Å². The molecule has 0 aliphatic carbocycles. The second-order valence-electron chi connectivity index (χ2n) is 6.69. The lowest BCUT2D eigenvalue weighted by atomic mass is 10.1. The Hall–Kier alpha value is -2.60. The van der Waals surface area contributed by atoms with Crippen LogP contribution in [-0.4, -0.2) is 42.3 Å². The fourth-order valence-electron chi connectivity index (χ4n) is 3.22.